The molecule has 1 aliphatic heterocycles. The molecule has 0 unspecified atom stereocenters. The lowest BCUT2D eigenvalue weighted by molar-refractivity contribution is 0.0706. The van der Waals surface area contributed by atoms with Crippen LogP contribution in [0.4, 0.5) is 4.39 Å². The zero-order valence-corrected chi connectivity index (χ0v) is 17.5. The van der Waals surface area contributed by atoms with Crippen LogP contribution in [0.5, 0.6) is 0 Å². The molecule has 0 bridgehead atoms. The first-order chi connectivity index (χ1) is 15.1. The molecule has 4 aromatic rings. The van der Waals surface area contributed by atoms with E-state index in [1.165, 1.54) is 24.3 Å². The van der Waals surface area contributed by atoms with Gasteiger partial charge < -0.3 is 4.90 Å². The van der Waals surface area contributed by atoms with Gasteiger partial charge in [-0.3, -0.25) is 14.2 Å². The van der Waals surface area contributed by atoms with Crippen molar-refractivity contribution < 1.29 is 9.18 Å². The zero-order chi connectivity index (χ0) is 21.4. The lowest BCUT2D eigenvalue weighted by Gasteiger charge is -2.32. The van der Waals surface area contributed by atoms with E-state index < -0.39 is 0 Å². The molecule has 1 fully saturated rings. The van der Waals surface area contributed by atoms with Gasteiger partial charge in [-0.05, 0) is 61.4 Å². The summed E-state index contributed by atoms with van der Waals surface area (Å²) in [6, 6.07) is 15.4. The topological polar surface area (TPSA) is 50.5 Å². The second-order valence-corrected chi connectivity index (χ2v) is 8.20. The Morgan fingerprint density at radius 3 is 2.77 bits per heavy atom. The van der Waals surface area contributed by atoms with Crippen molar-refractivity contribution in [3.63, 3.8) is 0 Å². The molecule has 31 heavy (non-hydrogen) atoms. The molecule has 1 aliphatic rings. The van der Waals surface area contributed by atoms with Crippen molar-refractivity contribution in [2.24, 2.45) is 0 Å². The van der Waals surface area contributed by atoms with E-state index in [0.717, 1.165) is 35.6 Å². The lowest BCUT2D eigenvalue weighted by atomic mass is 9.93. The number of nitrogens with zero attached hydrogens (tertiary/aromatic N) is 4. The number of rotatable bonds is 3. The van der Waals surface area contributed by atoms with Gasteiger partial charge in [-0.1, -0.05) is 17.7 Å². The molecule has 3 aromatic heterocycles. The molecule has 0 saturated carbocycles. The summed E-state index contributed by atoms with van der Waals surface area (Å²) < 4.78 is 15.1. The third-order valence-corrected chi connectivity index (χ3v) is 5.94. The first-order valence-corrected chi connectivity index (χ1v) is 10.6. The SMILES string of the molecule is O=C(c1ccc(F)cc1)N1CCC[C@@H](c2cccc(-c3cnc4ccc(Cl)cn34)n2)C1. The Labute approximate surface area is 184 Å². The second kappa shape index (κ2) is 8.12. The fourth-order valence-corrected chi connectivity index (χ4v) is 4.30. The van der Waals surface area contributed by atoms with E-state index in [-0.39, 0.29) is 17.6 Å². The number of amides is 1. The van der Waals surface area contributed by atoms with Crippen molar-refractivity contribution >= 4 is 23.2 Å². The molecular weight excluding hydrogens is 415 g/mol. The Morgan fingerprint density at radius 2 is 1.94 bits per heavy atom. The van der Waals surface area contributed by atoms with Crippen LogP contribution in [0.2, 0.25) is 5.02 Å². The smallest absolute Gasteiger partial charge is 0.253 e. The van der Waals surface area contributed by atoms with E-state index in [4.69, 9.17) is 16.6 Å². The molecule has 1 amide bonds. The molecule has 0 radical (unpaired) electrons. The summed E-state index contributed by atoms with van der Waals surface area (Å²) in [5, 5.41) is 0.630. The van der Waals surface area contributed by atoms with Crippen LogP contribution in [0.25, 0.3) is 17.0 Å². The fraction of sp³-hybridized carbons (Fsp3) is 0.208. The number of hydrogen-bond donors (Lipinski definition) is 0. The average molecular weight is 435 g/mol. The predicted octanol–water partition coefficient (Wildman–Crippen LogP) is 5.21. The van der Waals surface area contributed by atoms with Crippen molar-refractivity contribution in [3.05, 3.63) is 89.1 Å². The van der Waals surface area contributed by atoms with E-state index in [9.17, 15) is 9.18 Å². The number of benzene rings is 1. The van der Waals surface area contributed by atoms with Crippen LogP contribution >= 0.6 is 11.6 Å². The number of carbonyl (C=O) groups is 1. The highest BCUT2D eigenvalue weighted by atomic mass is 35.5. The zero-order valence-electron chi connectivity index (χ0n) is 16.7. The summed E-state index contributed by atoms with van der Waals surface area (Å²) in [7, 11) is 0. The monoisotopic (exact) mass is 434 g/mol. The van der Waals surface area contributed by atoms with Gasteiger partial charge in [-0.2, -0.15) is 0 Å². The van der Waals surface area contributed by atoms with Crippen LogP contribution in [-0.4, -0.2) is 38.3 Å². The summed E-state index contributed by atoms with van der Waals surface area (Å²) in [6.07, 6.45) is 5.48. The Kier molecular flexibility index (Phi) is 5.16. The minimum Gasteiger partial charge on any atom is -0.338 e. The van der Waals surface area contributed by atoms with E-state index in [0.29, 0.717) is 23.7 Å². The first kappa shape index (κ1) is 19.7. The van der Waals surface area contributed by atoms with Gasteiger partial charge >= 0.3 is 0 Å². The number of carbonyl (C=O) groups excluding carboxylic acids is 1. The van der Waals surface area contributed by atoms with Crippen molar-refractivity contribution in [2.75, 3.05) is 13.1 Å². The van der Waals surface area contributed by atoms with Gasteiger partial charge in [0, 0.05) is 36.5 Å². The molecule has 1 aromatic carbocycles. The summed E-state index contributed by atoms with van der Waals surface area (Å²) in [5.41, 5.74) is 3.95. The molecule has 156 valence electrons. The van der Waals surface area contributed by atoms with E-state index >= 15 is 0 Å². The van der Waals surface area contributed by atoms with Crippen LogP contribution in [0.1, 0.15) is 34.8 Å². The van der Waals surface area contributed by atoms with Gasteiger partial charge in [-0.25, -0.2) is 9.37 Å². The highest BCUT2D eigenvalue weighted by Crippen LogP contribution is 2.29. The van der Waals surface area contributed by atoms with Crippen LogP contribution in [-0.2, 0) is 0 Å². The number of piperidine rings is 1. The van der Waals surface area contributed by atoms with Crippen LogP contribution < -0.4 is 0 Å². The standard InChI is InChI=1S/C24H20ClFN4O/c25-18-8-11-23-27-13-22(30(23)15-18)21-5-1-4-20(28-21)17-3-2-12-29(14-17)24(31)16-6-9-19(26)10-7-16/h1,4-11,13,15,17H,2-3,12,14H2/t17-/m1/s1. The maximum Gasteiger partial charge on any atom is 0.253 e. The first-order valence-electron chi connectivity index (χ1n) is 10.2. The maximum absolute atomic E-state index is 13.2. The maximum atomic E-state index is 13.2. The van der Waals surface area contributed by atoms with E-state index in [1.54, 1.807) is 6.20 Å². The summed E-state index contributed by atoms with van der Waals surface area (Å²) in [4.78, 5) is 24.1. The second-order valence-electron chi connectivity index (χ2n) is 7.76. The minimum atomic E-state index is -0.345. The van der Waals surface area contributed by atoms with Crippen LogP contribution in [0.15, 0.2) is 67.0 Å². The van der Waals surface area contributed by atoms with E-state index in [2.05, 4.69) is 4.98 Å². The summed E-state index contributed by atoms with van der Waals surface area (Å²) in [5.74, 6) is -0.277. The van der Waals surface area contributed by atoms with Gasteiger partial charge in [-0.15, -0.1) is 0 Å². The molecule has 1 atom stereocenters. The largest absolute Gasteiger partial charge is 0.338 e. The van der Waals surface area contributed by atoms with Crippen LogP contribution in [0.3, 0.4) is 0 Å². The van der Waals surface area contributed by atoms with Gasteiger partial charge in [0.25, 0.3) is 5.91 Å². The molecule has 0 aliphatic carbocycles. The Morgan fingerprint density at radius 1 is 1.10 bits per heavy atom. The predicted molar refractivity (Wildman–Crippen MR) is 118 cm³/mol. The number of fused-ring (bicyclic) bond motifs is 1. The van der Waals surface area contributed by atoms with Crippen LogP contribution in [0, 0.1) is 5.82 Å². The van der Waals surface area contributed by atoms with Crippen molar-refractivity contribution in [2.45, 2.75) is 18.8 Å². The third-order valence-electron chi connectivity index (χ3n) is 5.72. The average Bonchev–Trinajstić information content (AvgIpc) is 3.22. The Bertz CT molecular complexity index is 1250. The molecule has 5 rings (SSSR count). The highest BCUT2D eigenvalue weighted by molar-refractivity contribution is 6.30. The van der Waals surface area contributed by atoms with Crippen molar-refractivity contribution in [1.82, 2.24) is 19.3 Å². The molecule has 0 spiro atoms. The number of imidazole rings is 1. The Hall–Kier alpha value is -3.25. The highest BCUT2D eigenvalue weighted by Gasteiger charge is 2.26. The number of aromatic nitrogens is 3. The normalized spacial score (nSPS) is 16.6. The van der Waals surface area contributed by atoms with Crippen molar-refractivity contribution in [1.29, 1.82) is 0 Å². The van der Waals surface area contributed by atoms with E-state index in [1.807, 2.05) is 45.8 Å². The molecule has 1 saturated heterocycles. The minimum absolute atomic E-state index is 0.0720. The number of likely N-dealkylation sites (tertiary alicyclic amines) is 1. The lowest BCUT2D eigenvalue weighted by Crippen LogP contribution is -2.39. The third kappa shape index (κ3) is 3.91. The molecule has 7 heteroatoms. The number of pyridine rings is 2. The number of halogens is 2. The molecule has 4 heterocycles. The van der Waals surface area contributed by atoms with Gasteiger partial charge in [0.15, 0.2) is 0 Å². The summed E-state index contributed by atoms with van der Waals surface area (Å²) >= 11 is 6.17. The Balaban J connectivity index is 1.41. The van der Waals surface area contributed by atoms with Gasteiger partial charge in [0.2, 0.25) is 0 Å². The molecule has 5 nitrogen and oxygen atoms in total. The number of hydrogen-bond acceptors (Lipinski definition) is 3. The van der Waals surface area contributed by atoms with Crippen molar-refractivity contribution in [3.8, 4) is 11.4 Å². The van der Waals surface area contributed by atoms with Gasteiger partial charge in [0.05, 0.1) is 22.6 Å². The quantitative estimate of drug-likeness (QED) is 0.445. The molecule has 0 N–H and O–H groups in total. The van der Waals surface area contributed by atoms with Gasteiger partial charge in [0.1, 0.15) is 11.5 Å². The fourth-order valence-electron chi connectivity index (χ4n) is 4.14. The molecular formula is C24H20ClFN4O. The summed E-state index contributed by atoms with van der Waals surface area (Å²) in [6.45, 7) is 1.28.